The first-order chi connectivity index (χ1) is 3.93. The van der Waals surface area contributed by atoms with E-state index in [4.69, 9.17) is 0 Å². The minimum Gasteiger partial charge on any atom is -0.0840 e. The molecule has 52 valence electrons. The lowest BCUT2D eigenvalue weighted by atomic mass is 10.1. The van der Waals surface area contributed by atoms with Crippen molar-refractivity contribution in [2.75, 3.05) is 0 Å². The molecule has 1 rings (SSSR count). The van der Waals surface area contributed by atoms with Crippen molar-refractivity contribution in [3.05, 3.63) is 23.8 Å². The van der Waals surface area contributed by atoms with E-state index in [0.29, 0.717) is 0 Å². The van der Waals surface area contributed by atoms with E-state index in [1.54, 1.807) is 0 Å². The van der Waals surface area contributed by atoms with Crippen LogP contribution in [-0.4, -0.2) is 0 Å². The van der Waals surface area contributed by atoms with Crippen molar-refractivity contribution in [1.82, 2.24) is 0 Å². The van der Waals surface area contributed by atoms with Gasteiger partial charge in [0, 0.05) is 0 Å². The maximum atomic E-state index is 2.32. The molecule has 1 aliphatic rings. The molecular weight excluding hydrogens is 108 g/mol. The molecule has 0 radical (unpaired) electrons. The van der Waals surface area contributed by atoms with Gasteiger partial charge in [-0.2, -0.15) is 0 Å². The molecule has 0 amide bonds. The van der Waals surface area contributed by atoms with E-state index >= 15 is 0 Å². The van der Waals surface area contributed by atoms with Gasteiger partial charge in [-0.15, -0.1) is 0 Å². The quantitative estimate of drug-likeness (QED) is 0.503. The highest BCUT2D eigenvalue weighted by atomic mass is 14.0. The number of hydrogen-bond donors (Lipinski definition) is 0. The van der Waals surface area contributed by atoms with Crippen molar-refractivity contribution in [2.45, 2.75) is 33.6 Å². The summed E-state index contributed by atoms with van der Waals surface area (Å²) in [6.07, 6.45) is 10.5. The number of rotatable bonds is 1. The zero-order chi connectivity index (χ0) is 5.82. The summed E-state index contributed by atoms with van der Waals surface area (Å²) in [7, 11) is 0. The third-order valence-corrected chi connectivity index (χ3v) is 1.48. The molecule has 1 aliphatic carbocycles. The van der Waals surface area contributed by atoms with Crippen LogP contribution in [0.2, 0.25) is 0 Å². The van der Waals surface area contributed by atoms with E-state index in [0.717, 1.165) is 0 Å². The summed E-state index contributed by atoms with van der Waals surface area (Å²) in [4.78, 5) is 0. The van der Waals surface area contributed by atoms with Gasteiger partial charge in [0.2, 0.25) is 0 Å². The van der Waals surface area contributed by atoms with Crippen molar-refractivity contribution in [3.8, 4) is 0 Å². The van der Waals surface area contributed by atoms with Crippen LogP contribution >= 0.6 is 0 Å². The van der Waals surface area contributed by atoms with Gasteiger partial charge in [-0.25, -0.2) is 0 Å². The first kappa shape index (κ1) is 8.48. The van der Waals surface area contributed by atoms with E-state index < -0.39 is 0 Å². The Labute approximate surface area is 58.3 Å². The Balaban J connectivity index is 0.000000640. The van der Waals surface area contributed by atoms with Crippen LogP contribution in [0.1, 0.15) is 33.6 Å². The van der Waals surface area contributed by atoms with Crippen LogP contribution in [0.4, 0.5) is 0 Å². The van der Waals surface area contributed by atoms with Gasteiger partial charge in [-0.3, -0.25) is 0 Å². The summed E-state index contributed by atoms with van der Waals surface area (Å²) in [5, 5.41) is 0. The molecule has 0 heterocycles. The van der Waals surface area contributed by atoms with Crippen molar-refractivity contribution < 1.29 is 0 Å². The summed E-state index contributed by atoms with van der Waals surface area (Å²) < 4.78 is 0. The molecular formula is C9H16. The van der Waals surface area contributed by atoms with Gasteiger partial charge in [0.05, 0.1) is 0 Å². The summed E-state index contributed by atoms with van der Waals surface area (Å²) >= 11 is 0. The highest BCUT2D eigenvalue weighted by Gasteiger charge is 1.90. The molecule has 0 atom stereocenters. The maximum Gasteiger partial charge on any atom is -0.0310 e. The zero-order valence-electron chi connectivity index (χ0n) is 5.35. The molecule has 0 fully saturated rings. The van der Waals surface area contributed by atoms with Crippen LogP contribution < -0.4 is 0 Å². The average Bonchev–Trinajstić information content (AvgIpc) is 1.90. The van der Waals surface area contributed by atoms with Crippen LogP contribution in [0.3, 0.4) is 0 Å². The Hall–Kier alpha value is -0.520. The molecule has 0 saturated heterocycles. The zero-order valence-corrected chi connectivity index (χ0v) is 5.35. The lowest BCUT2D eigenvalue weighted by Crippen LogP contribution is -1.80. The second-order valence-corrected chi connectivity index (χ2v) is 2.11. The minimum atomic E-state index is 0. The van der Waals surface area contributed by atoms with E-state index in [1.165, 1.54) is 24.8 Å². The van der Waals surface area contributed by atoms with Gasteiger partial charge in [0.25, 0.3) is 0 Å². The molecule has 0 heteroatoms. The smallest absolute Gasteiger partial charge is 0.0310 e. The lowest BCUT2D eigenvalue weighted by Gasteiger charge is -2.01. The van der Waals surface area contributed by atoms with Crippen LogP contribution in [0, 0.1) is 0 Å². The molecule has 0 aliphatic heterocycles. The predicted molar refractivity (Wildman–Crippen MR) is 43.5 cm³/mol. The molecule has 0 spiro atoms. The average molecular weight is 124 g/mol. The standard InChI is InChI=1S/C8H12.CH4/c1-2-8-6-4-3-5-7-8;/h4,6-7H,2-3,5H2,1H3;1H4. The number of allylic oxidation sites excluding steroid dienone is 4. The fraction of sp³-hybridized carbons (Fsp3) is 0.556. The summed E-state index contributed by atoms with van der Waals surface area (Å²) in [6, 6.07) is 0. The number of hydrogen-bond acceptors (Lipinski definition) is 0. The second kappa shape index (κ2) is 4.37. The van der Waals surface area contributed by atoms with Crippen molar-refractivity contribution in [1.29, 1.82) is 0 Å². The largest absolute Gasteiger partial charge is 0.0840 e. The molecule has 0 saturated carbocycles. The van der Waals surface area contributed by atoms with Crippen LogP contribution in [0.5, 0.6) is 0 Å². The normalized spacial score (nSPS) is 16.3. The molecule has 0 bridgehead atoms. The summed E-state index contributed by atoms with van der Waals surface area (Å²) in [6.45, 7) is 2.20. The highest BCUT2D eigenvalue weighted by molar-refractivity contribution is 5.21. The van der Waals surface area contributed by atoms with E-state index in [9.17, 15) is 0 Å². The minimum absolute atomic E-state index is 0. The maximum absolute atomic E-state index is 2.32. The van der Waals surface area contributed by atoms with Crippen molar-refractivity contribution >= 4 is 0 Å². The Morgan fingerprint density at radius 3 is 2.56 bits per heavy atom. The van der Waals surface area contributed by atoms with E-state index in [-0.39, 0.29) is 7.43 Å². The molecule has 0 nitrogen and oxygen atoms in total. The second-order valence-electron chi connectivity index (χ2n) is 2.11. The monoisotopic (exact) mass is 124 g/mol. The van der Waals surface area contributed by atoms with Crippen molar-refractivity contribution in [2.24, 2.45) is 0 Å². The van der Waals surface area contributed by atoms with Crippen molar-refractivity contribution in [3.63, 3.8) is 0 Å². The molecule has 0 unspecified atom stereocenters. The van der Waals surface area contributed by atoms with E-state index in [1.807, 2.05) is 0 Å². The van der Waals surface area contributed by atoms with Gasteiger partial charge in [-0.05, 0) is 19.3 Å². The first-order valence-corrected chi connectivity index (χ1v) is 3.29. The Morgan fingerprint density at radius 2 is 2.22 bits per heavy atom. The van der Waals surface area contributed by atoms with Crippen LogP contribution in [-0.2, 0) is 0 Å². The Kier molecular flexibility index (Phi) is 4.12. The third-order valence-electron chi connectivity index (χ3n) is 1.48. The predicted octanol–water partition coefficient (Wildman–Crippen LogP) is 3.31. The molecule has 0 N–H and O–H groups in total. The van der Waals surface area contributed by atoms with E-state index in [2.05, 4.69) is 25.2 Å². The SMILES string of the molecule is C.CCC1=CCCC=C1. The first-order valence-electron chi connectivity index (χ1n) is 3.29. The fourth-order valence-corrected chi connectivity index (χ4v) is 0.930. The topological polar surface area (TPSA) is 0 Å². The molecule has 0 aromatic heterocycles. The van der Waals surface area contributed by atoms with Gasteiger partial charge in [-0.1, -0.05) is 38.2 Å². The van der Waals surface area contributed by atoms with Crippen LogP contribution in [0.15, 0.2) is 23.8 Å². The Bertz CT molecular complexity index is 118. The molecule has 0 aromatic carbocycles. The summed E-state index contributed by atoms with van der Waals surface area (Å²) in [5.74, 6) is 0. The molecule has 0 aromatic rings. The molecule has 9 heavy (non-hydrogen) atoms. The van der Waals surface area contributed by atoms with Gasteiger partial charge in [0.1, 0.15) is 0 Å². The highest BCUT2D eigenvalue weighted by Crippen LogP contribution is 2.11. The van der Waals surface area contributed by atoms with Gasteiger partial charge >= 0.3 is 0 Å². The summed E-state index contributed by atoms with van der Waals surface area (Å²) in [5.41, 5.74) is 1.50. The third kappa shape index (κ3) is 2.50. The van der Waals surface area contributed by atoms with Crippen LogP contribution in [0.25, 0.3) is 0 Å². The Morgan fingerprint density at radius 1 is 1.44 bits per heavy atom. The van der Waals surface area contributed by atoms with Gasteiger partial charge < -0.3 is 0 Å². The lowest BCUT2D eigenvalue weighted by molar-refractivity contribution is 0.984. The fourth-order valence-electron chi connectivity index (χ4n) is 0.930. The van der Waals surface area contributed by atoms with Gasteiger partial charge in [0.15, 0.2) is 0 Å².